The second-order valence-electron chi connectivity index (χ2n) is 3.27. The van der Waals surface area contributed by atoms with E-state index < -0.39 is 31.5 Å². The molecule has 3 atom stereocenters. The summed E-state index contributed by atoms with van der Waals surface area (Å²) in [6.45, 7) is 0. The number of rotatable bonds is 2. The average molecular weight is 238 g/mol. The molecule has 1 unspecified atom stereocenters. The predicted octanol–water partition coefficient (Wildman–Crippen LogP) is -0.346. The fraction of sp³-hybridized carbons (Fsp3) is 0.571. The van der Waals surface area contributed by atoms with Gasteiger partial charge in [0.25, 0.3) is 5.92 Å². The lowest BCUT2D eigenvalue weighted by molar-refractivity contribution is -0.0889. The number of hydrogen-bond acceptors (Lipinski definition) is 4. The van der Waals surface area contributed by atoms with E-state index in [1.54, 1.807) is 0 Å². The SMILES string of the molecule is [B][C@@H]1O[C@H](/C=C/P(=C)(O)O)C(O)C1(F)F. The zero-order valence-corrected chi connectivity index (χ0v) is 8.52. The highest BCUT2D eigenvalue weighted by atomic mass is 31.2. The molecule has 2 radical (unpaired) electrons. The summed E-state index contributed by atoms with van der Waals surface area (Å²) in [5.74, 6) is -2.73. The van der Waals surface area contributed by atoms with Gasteiger partial charge in [-0.2, -0.15) is 0 Å². The summed E-state index contributed by atoms with van der Waals surface area (Å²) in [6, 6.07) is -1.91. The van der Waals surface area contributed by atoms with Gasteiger partial charge in [-0.1, -0.05) is 0 Å². The van der Waals surface area contributed by atoms with E-state index in [9.17, 15) is 8.78 Å². The third kappa shape index (κ3) is 2.89. The highest BCUT2D eigenvalue weighted by molar-refractivity contribution is 7.65. The predicted molar refractivity (Wildman–Crippen MR) is 53.0 cm³/mol. The van der Waals surface area contributed by atoms with Gasteiger partial charge in [0, 0.05) is 0 Å². The second kappa shape index (κ2) is 3.99. The third-order valence-corrected chi connectivity index (χ3v) is 2.55. The highest BCUT2D eigenvalue weighted by Crippen LogP contribution is 2.39. The van der Waals surface area contributed by atoms with Crippen LogP contribution in [0.5, 0.6) is 0 Å². The van der Waals surface area contributed by atoms with Gasteiger partial charge < -0.3 is 19.6 Å². The summed E-state index contributed by atoms with van der Waals surface area (Å²) in [5.41, 5.74) is 0. The van der Waals surface area contributed by atoms with Gasteiger partial charge in [0.2, 0.25) is 0 Å². The summed E-state index contributed by atoms with van der Waals surface area (Å²) in [5, 5.41) is 9.11. The van der Waals surface area contributed by atoms with E-state index in [4.69, 9.17) is 22.7 Å². The first-order valence-corrected chi connectivity index (χ1v) is 5.94. The molecule has 1 saturated heterocycles. The molecule has 0 aromatic heterocycles. The van der Waals surface area contributed by atoms with Crippen molar-refractivity contribution in [1.82, 2.24) is 0 Å². The average Bonchev–Trinajstić information content (AvgIpc) is 2.25. The molecule has 0 aromatic rings. The molecule has 1 aliphatic rings. The molecule has 1 fully saturated rings. The summed E-state index contributed by atoms with van der Waals surface area (Å²) >= 11 is 0. The number of ether oxygens (including phenoxy) is 1. The maximum atomic E-state index is 12.9. The summed E-state index contributed by atoms with van der Waals surface area (Å²) in [6.07, 6.45) is 0.447. The quantitative estimate of drug-likeness (QED) is 0.454. The lowest BCUT2D eigenvalue weighted by Gasteiger charge is -2.16. The normalized spacial score (nSPS) is 36.2. The Morgan fingerprint density at radius 1 is 1.47 bits per heavy atom. The van der Waals surface area contributed by atoms with Crippen molar-refractivity contribution >= 4 is 21.5 Å². The molecule has 0 spiro atoms. The van der Waals surface area contributed by atoms with Crippen molar-refractivity contribution in [2.24, 2.45) is 0 Å². The molecular formula is C7H10BF2O4P. The first kappa shape index (κ1) is 12.9. The van der Waals surface area contributed by atoms with Crippen LogP contribution < -0.4 is 0 Å². The van der Waals surface area contributed by atoms with E-state index >= 15 is 0 Å². The van der Waals surface area contributed by atoms with Crippen LogP contribution in [-0.4, -0.2) is 53.2 Å². The molecule has 15 heavy (non-hydrogen) atoms. The maximum Gasteiger partial charge on any atom is 0.293 e. The molecule has 8 heteroatoms. The Morgan fingerprint density at radius 3 is 2.33 bits per heavy atom. The Morgan fingerprint density at radius 2 is 2.00 bits per heavy atom. The zero-order valence-electron chi connectivity index (χ0n) is 7.62. The molecule has 1 aliphatic heterocycles. The van der Waals surface area contributed by atoms with Gasteiger partial charge in [-0.25, -0.2) is 8.78 Å². The topological polar surface area (TPSA) is 69.9 Å². The monoisotopic (exact) mass is 238 g/mol. The van der Waals surface area contributed by atoms with Crippen molar-refractivity contribution in [3.05, 3.63) is 11.9 Å². The van der Waals surface area contributed by atoms with Gasteiger partial charge in [-0.3, -0.25) is 0 Å². The first-order chi connectivity index (χ1) is 6.64. The van der Waals surface area contributed by atoms with E-state index in [2.05, 4.69) is 11.0 Å². The van der Waals surface area contributed by atoms with Crippen LogP contribution in [0.25, 0.3) is 0 Å². The Labute approximate surface area is 86.7 Å². The lowest BCUT2D eigenvalue weighted by atomic mass is 9.92. The van der Waals surface area contributed by atoms with Crippen molar-refractivity contribution in [2.75, 3.05) is 0 Å². The van der Waals surface area contributed by atoms with Crippen LogP contribution in [0.4, 0.5) is 8.78 Å². The minimum absolute atomic E-state index is 0.828. The van der Waals surface area contributed by atoms with Crippen molar-refractivity contribution in [1.29, 1.82) is 0 Å². The van der Waals surface area contributed by atoms with Crippen LogP contribution in [-0.2, 0) is 4.74 Å². The number of aliphatic hydroxyl groups excluding tert-OH is 1. The van der Waals surface area contributed by atoms with Crippen LogP contribution >= 0.6 is 7.34 Å². The number of alkyl halides is 2. The number of hydrogen-bond donors (Lipinski definition) is 3. The molecule has 0 aromatic carbocycles. The van der Waals surface area contributed by atoms with Crippen LogP contribution in [0.1, 0.15) is 0 Å². The van der Waals surface area contributed by atoms with Crippen LogP contribution in [0, 0.1) is 0 Å². The molecule has 0 aliphatic carbocycles. The molecule has 1 rings (SSSR count). The lowest BCUT2D eigenvalue weighted by Crippen LogP contribution is -2.39. The fourth-order valence-corrected chi connectivity index (χ4v) is 1.54. The molecular weight excluding hydrogens is 228 g/mol. The Kier molecular flexibility index (Phi) is 3.43. The fourth-order valence-electron chi connectivity index (χ4n) is 1.10. The zero-order chi connectivity index (χ0) is 11.9. The highest BCUT2D eigenvalue weighted by Gasteiger charge is 2.54. The van der Waals surface area contributed by atoms with E-state index in [0.717, 1.165) is 11.9 Å². The molecule has 84 valence electrons. The van der Waals surface area contributed by atoms with E-state index in [1.807, 2.05) is 0 Å². The molecule has 1 heterocycles. The smallest absolute Gasteiger partial charge is 0.293 e. The van der Waals surface area contributed by atoms with Crippen molar-refractivity contribution < 1.29 is 28.4 Å². The van der Waals surface area contributed by atoms with Crippen LogP contribution in [0.2, 0.25) is 0 Å². The van der Waals surface area contributed by atoms with Gasteiger partial charge in [0.15, 0.2) is 0 Å². The van der Waals surface area contributed by atoms with Crippen LogP contribution in [0.3, 0.4) is 0 Å². The third-order valence-electron chi connectivity index (χ3n) is 1.90. The van der Waals surface area contributed by atoms with Gasteiger partial charge >= 0.3 is 0 Å². The molecule has 0 saturated carbocycles. The molecule has 0 amide bonds. The van der Waals surface area contributed by atoms with Crippen molar-refractivity contribution in [3.63, 3.8) is 0 Å². The Bertz CT molecular complexity index is 316. The first-order valence-electron chi connectivity index (χ1n) is 3.99. The van der Waals surface area contributed by atoms with Gasteiger partial charge in [0.1, 0.15) is 27.4 Å². The standard InChI is InChI=1S/C7H10BF2O4P/c1-15(12,13)3-2-4-5(11)7(9,10)6(8)14-4/h2-6,11-13H,1H2/b3-2+/t4-,5?,6-/m1/s1. The maximum absolute atomic E-state index is 12.9. The van der Waals surface area contributed by atoms with Crippen molar-refractivity contribution in [2.45, 2.75) is 24.1 Å². The van der Waals surface area contributed by atoms with Crippen molar-refractivity contribution in [3.8, 4) is 0 Å². The minimum Gasteiger partial charge on any atom is -0.384 e. The molecule has 4 nitrogen and oxygen atoms in total. The van der Waals surface area contributed by atoms with Crippen LogP contribution in [0.15, 0.2) is 11.9 Å². The largest absolute Gasteiger partial charge is 0.384 e. The Hall–Kier alpha value is -0.195. The van der Waals surface area contributed by atoms with Gasteiger partial charge in [0.05, 0.1) is 6.00 Å². The van der Waals surface area contributed by atoms with E-state index in [-0.39, 0.29) is 0 Å². The van der Waals surface area contributed by atoms with E-state index in [0.29, 0.717) is 0 Å². The Balaban J connectivity index is 2.76. The minimum atomic E-state index is -3.55. The van der Waals surface area contributed by atoms with E-state index in [1.165, 1.54) is 0 Å². The summed E-state index contributed by atoms with van der Waals surface area (Å²) in [7, 11) is 1.47. The second-order valence-corrected chi connectivity index (χ2v) is 5.14. The summed E-state index contributed by atoms with van der Waals surface area (Å²) < 4.78 is 30.4. The number of halogens is 2. The van der Waals surface area contributed by atoms with Gasteiger partial charge in [-0.15, -0.1) is 0 Å². The molecule has 0 bridgehead atoms. The number of aliphatic hydroxyl groups is 1. The van der Waals surface area contributed by atoms with Gasteiger partial charge in [-0.05, 0) is 18.2 Å². The molecule has 3 N–H and O–H groups in total. The summed E-state index contributed by atoms with van der Waals surface area (Å²) in [4.78, 5) is 17.7.